The highest BCUT2D eigenvalue weighted by Gasteiger charge is 2.28. The number of methoxy groups -OCH3 is 1. The van der Waals surface area contributed by atoms with Crippen molar-refractivity contribution >= 4 is 37.3 Å². The highest BCUT2D eigenvalue weighted by atomic mass is 35.5. The molecule has 0 fully saturated rings. The number of hydrogen-bond acceptors (Lipinski definition) is 5. The Morgan fingerprint density at radius 1 is 0.938 bits per heavy atom. The van der Waals surface area contributed by atoms with Crippen LogP contribution in [-0.2, 0) is 33.0 Å². The van der Waals surface area contributed by atoms with E-state index in [4.69, 9.17) is 16.3 Å². The summed E-state index contributed by atoms with van der Waals surface area (Å²) in [5.41, 5.74) is 2.06. The quantitative estimate of drug-likeness (QED) is 0.563. The molecule has 4 rings (SSSR count). The van der Waals surface area contributed by atoms with Gasteiger partial charge in [-0.2, -0.15) is 4.31 Å². The van der Waals surface area contributed by atoms with Crippen LogP contribution in [0.15, 0.2) is 76.5 Å². The number of nitrogens with one attached hydrogen (secondary N) is 1. The van der Waals surface area contributed by atoms with Crippen LogP contribution in [0.4, 0.5) is 5.69 Å². The molecule has 0 radical (unpaired) electrons. The van der Waals surface area contributed by atoms with Gasteiger partial charge in [0.05, 0.1) is 17.0 Å². The Morgan fingerprint density at radius 2 is 1.69 bits per heavy atom. The van der Waals surface area contributed by atoms with E-state index >= 15 is 0 Å². The van der Waals surface area contributed by atoms with E-state index in [1.807, 2.05) is 6.07 Å². The first-order valence-corrected chi connectivity index (χ1v) is 13.0. The Balaban J connectivity index is 1.59. The van der Waals surface area contributed by atoms with Gasteiger partial charge in [-0.3, -0.25) is 4.72 Å². The van der Waals surface area contributed by atoms with Gasteiger partial charge >= 0.3 is 0 Å². The van der Waals surface area contributed by atoms with E-state index in [2.05, 4.69) is 4.72 Å². The van der Waals surface area contributed by atoms with Crippen molar-refractivity contribution in [3.8, 4) is 5.75 Å². The molecule has 10 heteroatoms. The molecule has 1 N–H and O–H groups in total. The molecule has 1 heterocycles. The van der Waals surface area contributed by atoms with Crippen molar-refractivity contribution in [3.05, 3.63) is 82.9 Å². The minimum Gasteiger partial charge on any atom is -0.497 e. The summed E-state index contributed by atoms with van der Waals surface area (Å²) >= 11 is 6.13. The number of rotatable bonds is 6. The number of fused-ring (bicyclic) bond motifs is 1. The fraction of sp³-hybridized carbons (Fsp3) is 0.182. The molecule has 0 saturated carbocycles. The van der Waals surface area contributed by atoms with Crippen LogP contribution in [0.2, 0.25) is 5.02 Å². The van der Waals surface area contributed by atoms with E-state index in [1.165, 1.54) is 29.6 Å². The summed E-state index contributed by atoms with van der Waals surface area (Å²) in [6.07, 6.45) is 0.540. The number of nitrogens with zero attached hydrogens (tertiary/aromatic N) is 1. The summed E-state index contributed by atoms with van der Waals surface area (Å²) in [6.45, 7) is 0.516. The Hall–Kier alpha value is -2.59. The Morgan fingerprint density at radius 3 is 2.38 bits per heavy atom. The second-order valence-corrected chi connectivity index (χ2v) is 11.3. The van der Waals surface area contributed by atoms with Gasteiger partial charge in [0, 0.05) is 24.8 Å². The fourth-order valence-corrected chi connectivity index (χ4v) is 6.60. The molecular formula is C22H21ClN2O5S2. The summed E-state index contributed by atoms with van der Waals surface area (Å²) in [5.74, 6) is 0.447. The van der Waals surface area contributed by atoms with Gasteiger partial charge in [-0.15, -0.1) is 0 Å². The Kier molecular flexibility index (Phi) is 6.17. The molecular weight excluding hydrogens is 472 g/mol. The van der Waals surface area contributed by atoms with Gasteiger partial charge < -0.3 is 4.74 Å². The lowest BCUT2D eigenvalue weighted by Crippen LogP contribution is -2.36. The molecule has 168 valence electrons. The lowest BCUT2D eigenvalue weighted by molar-refractivity contribution is 0.391. The summed E-state index contributed by atoms with van der Waals surface area (Å²) < 4.78 is 60.7. The minimum atomic E-state index is -3.95. The third kappa shape index (κ3) is 4.47. The van der Waals surface area contributed by atoms with Crippen LogP contribution in [0, 0.1) is 0 Å². The van der Waals surface area contributed by atoms with Crippen LogP contribution in [0.3, 0.4) is 0 Å². The van der Waals surface area contributed by atoms with Crippen molar-refractivity contribution < 1.29 is 21.6 Å². The molecule has 0 amide bonds. The summed E-state index contributed by atoms with van der Waals surface area (Å²) in [4.78, 5) is 0.153. The normalized spacial score (nSPS) is 14.6. The number of hydrogen-bond donors (Lipinski definition) is 1. The maximum absolute atomic E-state index is 13.0. The molecule has 7 nitrogen and oxygen atoms in total. The first kappa shape index (κ1) is 22.6. The lowest BCUT2D eigenvalue weighted by Gasteiger charge is -2.28. The zero-order chi connectivity index (χ0) is 22.9. The van der Waals surface area contributed by atoms with Gasteiger partial charge in [0.2, 0.25) is 10.0 Å². The fourth-order valence-electron chi connectivity index (χ4n) is 3.58. The van der Waals surface area contributed by atoms with Crippen LogP contribution >= 0.6 is 11.6 Å². The summed E-state index contributed by atoms with van der Waals surface area (Å²) in [5, 5.41) is 0.0370. The number of ether oxygens (including phenoxy) is 1. The van der Waals surface area contributed by atoms with Crippen LogP contribution in [-0.4, -0.2) is 34.8 Å². The SMILES string of the molecule is COc1ccc(S(=O)(=O)Nc2ccc3c(c2)CN(S(=O)(=O)c2ccccc2)CC3)c(Cl)c1. The average molecular weight is 493 g/mol. The van der Waals surface area contributed by atoms with Gasteiger partial charge in [-0.05, 0) is 53.9 Å². The van der Waals surface area contributed by atoms with Crippen molar-refractivity contribution in [1.82, 2.24) is 4.31 Å². The van der Waals surface area contributed by atoms with E-state index in [0.29, 0.717) is 24.4 Å². The molecule has 3 aromatic rings. The highest BCUT2D eigenvalue weighted by Crippen LogP contribution is 2.30. The molecule has 1 aliphatic heterocycles. The van der Waals surface area contributed by atoms with E-state index in [1.54, 1.807) is 42.5 Å². The van der Waals surface area contributed by atoms with Gasteiger partial charge in [0.25, 0.3) is 10.0 Å². The number of sulfonamides is 2. The van der Waals surface area contributed by atoms with Crippen LogP contribution in [0.5, 0.6) is 5.75 Å². The molecule has 0 saturated heterocycles. The molecule has 0 aliphatic carbocycles. The predicted molar refractivity (Wildman–Crippen MR) is 123 cm³/mol. The molecule has 0 aromatic heterocycles. The lowest BCUT2D eigenvalue weighted by atomic mass is 10.0. The zero-order valence-electron chi connectivity index (χ0n) is 17.2. The second-order valence-electron chi connectivity index (χ2n) is 7.29. The van der Waals surface area contributed by atoms with E-state index < -0.39 is 20.0 Å². The average Bonchev–Trinajstić information content (AvgIpc) is 2.78. The first-order valence-electron chi connectivity index (χ1n) is 9.74. The third-order valence-corrected chi connectivity index (χ3v) is 8.97. The molecule has 3 aromatic carbocycles. The molecule has 0 bridgehead atoms. The van der Waals surface area contributed by atoms with Crippen LogP contribution in [0.1, 0.15) is 11.1 Å². The highest BCUT2D eigenvalue weighted by molar-refractivity contribution is 7.92. The topological polar surface area (TPSA) is 92.8 Å². The van der Waals surface area contributed by atoms with Gasteiger partial charge in [0.15, 0.2) is 0 Å². The number of benzene rings is 3. The maximum Gasteiger partial charge on any atom is 0.263 e. The van der Waals surface area contributed by atoms with Crippen molar-refractivity contribution in [2.45, 2.75) is 22.8 Å². The van der Waals surface area contributed by atoms with E-state index in [0.717, 1.165) is 11.1 Å². The molecule has 1 aliphatic rings. The van der Waals surface area contributed by atoms with Crippen LogP contribution < -0.4 is 9.46 Å². The predicted octanol–water partition coefficient (Wildman–Crippen LogP) is 3.90. The molecule has 0 unspecified atom stereocenters. The van der Waals surface area contributed by atoms with Crippen molar-refractivity contribution in [3.63, 3.8) is 0 Å². The monoisotopic (exact) mass is 492 g/mol. The van der Waals surface area contributed by atoms with Crippen molar-refractivity contribution in [2.75, 3.05) is 18.4 Å². The van der Waals surface area contributed by atoms with Crippen LogP contribution in [0.25, 0.3) is 0 Å². The zero-order valence-corrected chi connectivity index (χ0v) is 19.5. The number of anilines is 1. The minimum absolute atomic E-state index is 0.0370. The summed E-state index contributed by atoms with van der Waals surface area (Å²) in [6, 6.07) is 17.7. The Labute approximate surface area is 192 Å². The third-order valence-electron chi connectivity index (χ3n) is 5.25. The van der Waals surface area contributed by atoms with E-state index in [-0.39, 0.29) is 21.4 Å². The van der Waals surface area contributed by atoms with Crippen molar-refractivity contribution in [1.29, 1.82) is 0 Å². The van der Waals surface area contributed by atoms with E-state index in [9.17, 15) is 16.8 Å². The van der Waals surface area contributed by atoms with Crippen molar-refractivity contribution in [2.24, 2.45) is 0 Å². The van der Waals surface area contributed by atoms with Gasteiger partial charge in [-0.1, -0.05) is 35.9 Å². The van der Waals surface area contributed by atoms with Gasteiger partial charge in [-0.25, -0.2) is 16.8 Å². The van der Waals surface area contributed by atoms with Gasteiger partial charge in [0.1, 0.15) is 10.6 Å². The second kappa shape index (κ2) is 8.74. The first-order chi connectivity index (χ1) is 15.2. The standard InChI is InChI=1S/C22H21ClN2O5S2/c1-30-19-9-10-22(21(23)14-19)31(26,27)24-18-8-7-16-11-12-25(15-17(16)13-18)32(28,29)20-5-3-2-4-6-20/h2-10,13-14,24H,11-12,15H2,1H3. The smallest absolute Gasteiger partial charge is 0.263 e. The largest absolute Gasteiger partial charge is 0.497 e. The number of halogens is 1. The molecule has 0 atom stereocenters. The maximum atomic E-state index is 13.0. The summed E-state index contributed by atoms with van der Waals surface area (Å²) in [7, 11) is -6.13. The molecule has 32 heavy (non-hydrogen) atoms. The molecule has 0 spiro atoms. The Bertz CT molecular complexity index is 1360.